The van der Waals surface area contributed by atoms with Crippen molar-refractivity contribution in [2.75, 3.05) is 19.6 Å². The molecular formula is C22H28N2O2. The number of morpholine rings is 1. The summed E-state index contributed by atoms with van der Waals surface area (Å²) < 4.78 is 5.73. The molecule has 26 heavy (non-hydrogen) atoms. The van der Waals surface area contributed by atoms with E-state index in [0.717, 1.165) is 6.42 Å². The van der Waals surface area contributed by atoms with E-state index in [1.54, 1.807) is 0 Å². The summed E-state index contributed by atoms with van der Waals surface area (Å²) in [5.41, 5.74) is 2.46. The highest BCUT2D eigenvalue weighted by Crippen LogP contribution is 2.18. The molecule has 0 aliphatic carbocycles. The Bertz CT molecular complexity index is 680. The molecule has 3 atom stereocenters. The van der Waals surface area contributed by atoms with Crippen LogP contribution in [0.2, 0.25) is 0 Å². The Balaban J connectivity index is 1.65. The van der Waals surface area contributed by atoms with Crippen molar-refractivity contribution in [2.45, 2.75) is 38.5 Å². The molecule has 2 aromatic rings. The van der Waals surface area contributed by atoms with Gasteiger partial charge in [0, 0.05) is 19.1 Å². The van der Waals surface area contributed by atoms with Crippen molar-refractivity contribution in [3.63, 3.8) is 0 Å². The third-order valence-electron chi connectivity index (χ3n) is 4.76. The number of hydrogen-bond donors (Lipinski definition) is 1. The number of benzene rings is 2. The zero-order valence-electron chi connectivity index (χ0n) is 15.6. The van der Waals surface area contributed by atoms with Crippen LogP contribution in [-0.4, -0.2) is 42.6 Å². The Labute approximate surface area is 156 Å². The lowest BCUT2D eigenvalue weighted by Gasteiger charge is -2.35. The second-order valence-corrected chi connectivity index (χ2v) is 7.09. The highest BCUT2D eigenvalue weighted by Gasteiger charge is 2.26. The van der Waals surface area contributed by atoms with Crippen LogP contribution in [0.4, 0.5) is 0 Å². The van der Waals surface area contributed by atoms with Crippen LogP contribution < -0.4 is 5.32 Å². The summed E-state index contributed by atoms with van der Waals surface area (Å²) >= 11 is 0. The smallest absolute Gasteiger partial charge is 0.236 e. The Morgan fingerprint density at radius 1 is 1.04 bits per heavy atom. The van der Waals surface area contributed by atoms with Gasteiger partial charge in [0.15, 0.2) is 0 Å². The van der Waals surface area contributed by atoms with Crippen molar-refractivity contribution in [1.29, 1.82) is 0 Å². The summed E-state index contributed by atoms with van der Waals surface area (Å²) in [7, 11) is 0. The molecule has 3 unspecified atom stereocenters. The van der Waals surface area contributed by atoms with Crippen molar-refractivity contribution in [2.24, 2.45) is 0 Å². The molecule has 1 aliphatic rings. The summed E-state index contributed by atoms with van der Waals surface area (Å²) in [6, 6.07) is 20.8. The van der Waals surface area contributed by atoms with Crippen LogP contribution in [0.25, 0.3) is 0 Å². The number of ether oxygens (including phenoxy) is 1. The molecule has 1 aliphatic heterocycles. The van der Waals surface area contributed by atoms with Gasteiger partial charge in [0.05, 0.1) is 18.8 Å². The quantitative estimate of drug-likeness (QED) is 0.868. The van der Waals surface area contributed by atoms with Crippen molar-refractivity contribution in [1.82, 2.24) is 10.2 Å². The fourth-order valence-electron chi connectivity index (χ4n) is 3.55. The van der Waals surface area contributed by atoms with Crippen LogP contribution in [0, 0.1) is 0 Å². The Morgan fingerprint density at radius 2 is 1.62 bits per heavy atom. The third-order valence-corrected chi connectivity index (χ3v) is 4.76. The minimum absolute atomic E-state index is 0.0944. The summed E-state index contributed by atoms with van der Waals surface area (Å²) in [6.45, 7) is 5.71. The van der Waals surface area contributed by atoms with Gasteiger partial charge >= 0.3 is 0 Å². The molecule has 1 heterocycles. The molecule has 0 saturated carbocycles. The molecule has 4 nitrogen and oxygen atoms in total. The van der Waals surface area contributed by atoms with Gasteiger partial charge < -0.3 is 15.0 Å². The topological polar surface area (TPSA) is 41.6 Å². The van der Waals surface area contributed by atoms with Crippen LogP contribution in [0.1, 0.15) is 31.0 Å². The van der Waals surface area contributed by atoms with Gasteiger partial charge in [0.2, 0.25) is 5.91 Å². The van der Waals surface area contributed by atoms with Crippen molar-refractivity contribution in [3.05, 3.63) is 71.8 Å². The number of hydrogen-bond acceptors (Lipinski definition) is 3. The molecule has 2 aromatic carbocycles. The number of rotatable bonds is 6. The van der Waals surface area contributed by atoms with Gasteiger partial charge in [-0.3, -0.25) is 4.79 Å². The van der Waals surface area contributed by atoms with Gasteiger partial charge in [-0.25, -0.2) is 0 Å². The van der Waals surface area contributed by atoms with Gasteiger partial charge in [-0.1, -0.05) is 60.7 Å². The average Bonchev–Trinajstić information content (AvgIpc) is 2.65. The summed E-state index contributed by atoms with van der Waals surface area (Å²) in [5.74, 6) is 0.140. The lowest BCUT2D eigenvalue weighted by Crippen LogP contribution is -2.50. The zero-order valence-corrected chi connectivity index (χ0v) is 15.6. The summed E-state index contributed by atoms with van der Waals surface area (Å²) in [4.78, 5) is 14.6. The van der Waals surface area contributed by atoms with Crippen molar-refractivity contribution < 1.29 is 9.53 Å². The lowest BCUT2D eigenvalue weighted by atomic mass is 9.99. The second-order valence-electron chi connectivity index (χ2n) is 7.09. The molecule has 3 rings (SSSR count). The minimum atomic E-state index is 0.0944. The maximum Gasteiger partial charge on any atom is 0.236 e. The number of carbonyl (C=O) groups excluding carboxylic acids is 1. The lowest BCUT2D eigenvalue weighted by molar-refractivity contribution is -0.142. The van der Waals surface area contributed by atoms with Crippen LogP contribution in [0.5, 0.6) is 0 Å². The van der Waals surface area contributed by atoms with Gasteiger partial charge in [-0.05, 0) is 31.4 Å². The van der Waals surface area contributed by atoms with E-state index in [1.165, 1.54) is 11.1 Å². The minimum Gasteiger partial charge on any atom is -0.372 e. The Kier molecular flexibility index (Phi) is 6.42. The van der Waals surface area contributed by atoms with Gasteiger partial charge in [0.1, 0.15) is 0 Å². The SMILES string of the molecule is CC1CN(C(=O)CNC(Cc2ccccc2)c2ccccc2)CC(C)O1. The molecule has 1 fully saturated rings. The van der Waals surface area contributed by atoms with E-state index in [1.807, 2.05) is 43.0 Å². The monoisotopic (exact) mass is 352 g/mol. The Morgan fingerprint density at radius 3 is 2.23 bits per heavy atom. The van der Waals surface area contributed by atoms with E-state index in [-0.39, 0.29) is 24.2 Å². The maximum atomic E-state index is 12.7. The van der Waals surface area contributed by atoms with Crippen LogP contribution in [0.3, 0.4) is 0 Å². The Hall–Kier alpha value is -2.17. The second kappa shape index (κ2) is 8.97. The van der Waals surface area contributed by atoms with E-state index < -0.39 is 0 Å². The van der Waals surface area contributed by atoms with E-state index in [9.17, 15) is 4.79 Å². The predicted molar refractivity (Wildman–Crippen MR) is 104 cm³/mol. The number of amides is 1. The first-order valence-corrected chi connectivity index (χ1v) is 9.37. The molecule has 0 aromatic heterocycles. The van der Waals surface area contributed by atoms with Gasteiger partial charge in [-0.15, -0.1) is 0 Å². The molecule has 0 spiro atoms. The zero-order chi connectivity index (χ0) is 18.4. The molecule has 0 radical (unpaired) electrons. The maximum absolute atomic E-state index is 12.7. The largest absolute Gasteiger partial charge is 0.372 e. The molecule has 1 amide bonds. The van der Waals surface area contributed by atoms with E-state index in [4.69, 9.17) is 4.74 Å². The fourth-order valence-corrected chi connectivity index (χ4v) is 3.55. The standard InChI is InChI=1S/C22H28N2O2/c1-17-15-24(16-18(2)26-17)22(25)14-23-21(20-11-7-4-8-12-20)13-19-9-5-3-6-10-19/h3-12,17-18,21,23H,13-16H2,1-2H3. The normalized spacial score (nSPS) is 21.4. The molecule has 1 N–H and O–H groups in total. The number of nitrogens with one attached hydrogen (secondary N) is 1. The van der Waals surface area contributed by atoms with E-state index in [0.29, 0.717) is 19.6 Å². The third kappa shape index (κ3) is 5.16. The molecular weight excluding hydrogens is 324 g/mol. The predicted octanol–water partition coefficient (Wildman–Crippen LogP) is 3.20. The molecule has 4 heteroatoms. The summed E-state index contributed by atoms with van der Waals surface area (Å²) in [5, 5.41) is 3.48. The molecule has 138 valence electrons. The van der Waals surface area contributed by atoms with E-state index >= 15 is 0 Å². The molecule has 0 bridgehead atoms. The first-order valence-electron chi connectivity index (χ1n) is 9.37. The fraction of sp³-hybridized carbons (Fsp3) is 0.409. The van der Waals surface area contributed by atoms with E-state index in [2.05, 4.69) is 41.7 Å². The molecule has 1 saturated heterocycles. The van der Waals surface area contributed by atoms with Crippen LogP contribution in [-0.2, 0) is 16.0 Å². The number of carbonyl (C=O) groups is 1. The van der Waals surface area contributed by atoms with Gasteiger partial charge in [-0.2, -0.15) is 0 Å². The first-order chi connectivity index (χ1) is 12.6. The highest BCUT2D eigenvalue weighted by molar-refractivity contribution is 5.78. The summed E-state index contributed by atoms with van der Waals surface area (Å²) in [6.07, 6.45) is 1.04. The van der Waals surface area contributed by atoms with Gasteiger partial charge in [0.25, 0.3) is 0 Å². The first kappa shape index (κ1) is 18.6. The number of nitrogens with zero attached hydrogens (tertiary/aromatic N) is 1. The highest BCUT2D eigenvalue weighted by atomic mass is 16.5. The average molecular weight is 352 g/mol. The van der Waals surface area contributed by atoms with Crippen LogP contribution >= 0.6 is 0 Å². The van der Waals surface area contributed by atoms with Crippen LogP contribution in [0.15, 0.2) is 60.7 Å². The van der Waals surface area contributed by atoms with Crippen molar-refractivity contribution >= 4 is 5.91 Å². The van der Waals surface area contributed by atoms with Crippen molar-refractivity contribution in [3.8, 4) is 0 Å².